The molecular weight excluding hydrogens is 480 g/mol. The summed E-state index contributed by atoms with van der Waals surface area (Å²) in [6.45, 7) is 0.994. The monoisotopic (exact) mass is 498 g/mol. The van der Waals surface area contributed by atoms with Crippen molar-refractivity contribution in [1.82, 2.24) is 23.7 Å². The average Bonchev–Trinajstić information content (AvgIpc) is 3.52. The molecule has 1 aliphatic rings. The molecule has 1 saturated heterocycles. The van der Waals surface area contributed by atoms with Gasteiger partial charge in [0.15, 0.2) is 5.65 Å². The first kappa shape index (κ1) is 22.3. The van der Waals surface area contributed by atoms with Gasteiger partial charge in [-0.05, 0) is 55.3 Å². The quantitative estimate of drug-likeness (QED) is 0.451. The Bertz CT molecular complexity index is 1560. The van der Waals surface area contributed by atoms with Gasteiger partial charge in [-0.3, -0.25) is 15.0 Å². The molecule has 2 aromatic carbocycles. The van der Waals surface area contributed by atoms with E-state index in [1.54, 1.807) is 24.3 Å². The molecule has 0 unspecified atom stereocenters. The average molecular weight is 499 g/mol. The molecule has 0 spiro atoms. The van der Waals surface area contributed by atoms with E-state index < -0.39 is 21.5 Å². The molecule has 0 saturated carbocycles. The summed E-state index contributed by atoms with van der Waals surface area (Å²) >= 11 is 6.04. The molecule has 1 N–H and O–H groups in total. The zero-order valence-electron chi connectivity index (χ0n) is 17.8. The second-order valence-corrected chi connectivity index (χ2v) is 10.1. The number of carbonyl (C=O) groups is 1. The van der Waals surface area contributed by atoms with Gasteiger partial charge in [-0.2, -0.15) is 9.40 Å². The number of carbonyl (C=O) groups excluding carboxylic acids is 1. The molecule has 5 rings (SSSR count). The van der Waals surface area contributed by atoms with Crippen molar-refractivity contribution in [2.24, 2.45) is 0 Å². The number of nitrogens with one attached hydrogen (secondary N) is 1. The van der Waals surface area contributed by atoms with E-state index in [1.165, 1.54) is 45.8 Å². The molecule has 10 nitrogen and oxygen atoms in total. The first-order valence-corrected chi connectivity index (χ1v) is 12.3. The van der Waals surface area contributed by atoms with Gasteiger partial charge in [0, 0.05) is 23.7 Å². The third-order valence-corrected chi connectivity index (χ3v) is 7.73. The fraction of sp³-hybridized carbons (Fsp3) is 0.182. The molecule has 4 aromatic rings. The zero-order valence-corrected chi connectivity index (χ0v) is 19.3. The van der Waals surface area contributed by atoms with Gasteiger partial charge in [0.05, 0.1) is 16.8 Å². The van der Waals surface area contributed by atoms with Gasteiger partial charge >= 0.3 is 0 Å². The van der Waals surface area contributed by atoms with Crippen molar-refractivity contribution in [1.29, 1.82) is 0 Å². The predicted octanol–water partition coefficient (Wildman–Crippen LogP) is 2.40. The van der Waals surface area contributed by atoms with E-state index in [0.717, 1.165) is 17.5 Å². The van der Waals surface area contributed by atoms with E-state index in [-0.39, 0.29) is 15.8 Å². The van der Waals surface area contributed by atoms with Crippen LogP contribution in [-0.4, -0.2) is 51.2 Å². The van der Waals surface area contributed by atoms with Crippen LogP contribution in [0.5, 0.6) is 0 Å². The van der Waals surface area contributed by atoms with Crippen LogP contribution in [-0.2, 0) is 10.0 Å². The van der Waals surface area contributed by atoms with Crippen molar-refractivity contribution >= 4 is 38.6 Å². The maximum Gasteiger partial charge on any atom is 0.283 e. The zero-order chi connectivity index (χ0) is 23.9. The first-order chi connectivity index (χ1) is 16.3. The lowest BCUT2D eigenvalue weighted by Crippen LogP contribution is -2.33. The van der Waals surface area contributed by atoms with E-state index in [2.05, 4.69) is 15.5 Å². The Kier molecular flexibility index (Phi) is 5.68. The second-order valence-electron chi connectivity index (χ2n) is 7.77. The largest absolute Gasteiger partial charge is 0.283 e. The highest BCUT2D eigenvalue weighted by atomic mass is 35.5. The predicted molar refractivity (Wildman–Crippen MR) is 126 cm³/mol. The topological polar surface area (TPSA) is 119 Å². The van der Waals surface area contributed by atoms with Crippen LogP contribution in [0.15, 0.2) is 70.7 Å². The lowest BCUT2D eigenvalue weighted by atomic mass is 10.2. The van der Waals surface area contributed by atoms with Crippen LogP contribution in [0.25, 0.3) is 16.7 Å². The minimum Gasteiger partial charge on any atom is -0.267 e. The van der Waals surface area contributed by atoms with Crippen LogP contribution in [0.1, 0.15) is 23.2 Å². The Labute approximate surface area is 199 Å². The summed E-state index contributed by atoms with van der Waals surface area (Å²) in [6.07, 6.45) is 4.24. The fourth-order valence-corrected chi connectivity index (χ4v) is 5.52. The SMILES string of the molecule is O=C(Nn1cnc2c(cnn2-c2cccc(Cl)c2)c1=O)c1ccc(S(=O)(=O)N2CCCC2)cc1. The van der Waals surface area contributed by atoms with Crippen LogP contribution >= 0.6 is 11.6 Å². The summed E-state index contributed by atoms with van der Waals surface area (Å²) in [6, 6.07) is 12.6. The van der Waals surface area contributed by atoms with Crippen molar-refractivity contribution in [3.8, 4) is 5.69 Å². The molecule has 1 amide bonds. The molecule has 0 atom stereocenters. The number of rotatable bonds is 5. The second kappa shape index (κ2) is 8.67. The minimum absolute atomic E-state index is 0.125. The van der Waals surface area contributed by atoms with E-state index in [0.29, 0.717) is 29.4 Å². The Hall–Kier alpha value is -3.54. The standard InChI is InChI=1S/C22H19ClN6O4S/c23-16-4-3-5-17(12-16)29-20-19(13-25-29)22(31)28(14-24-20)26-21(30)15-6-8-18(9-7-15)34(32,33)27-10-1-2-11-27/h3-9,12-14H,1-2,10-11H2,(H,26,30). The highest BCUT2D eigenvalue weighted by molar-refractivity contribution is 7.89. The summed E-state index contributed by atoms with van der Waals surface area (Å²) in [5.41, 5.74) is 3.11. The Morgan fingerprint density at radius 2 is 1.79 bits per heavy atom. The van der Waals surface area contributed by atoms with Crippen molar-refractivity contribution in [2.75, 3.05) is 18.5 Å². The van der Waals surface area contributed by atoms with E-state index >= 15 is 0 Å². The van der Waals surface area contributed by atoms with Crippen LogP contribution in [0.3, 0.4) is 0 Å². The van der Waals surface area contributed by atoms with Gasteiger partial charge in [-0.15, -0.1) is 0 Å². The number of nitrogens with zero attached hydrogens (tertiary/aromatic N) is 5. The maximum atomic E-state index is 12.9. The van der Waals surface area contributed by atoms with Crippen LogP contribution < -0.4 is 11.0 Å². The Morgan fingerprint density at radius 1 is 1.06 bits per heavy atom. The van der Waals surface area contributed by atoms with Gasteiger partial charge in [0.1, 0.15) is 11.7 Å². The summed E-state index contributed by atoms with van der Waals surface area (Å²) in [5, 5.41) is 4.94. The number of amides is 1. The molecule has 1 fully saturated rings. The Morgan fingerprint density at radius 3 is 2.50 bits per heavy atom. The van der Waals surface area contributed by atoms with Crippen LogP contribution in [0.4, 0.5) is 0 Å². The molecule has 3 heterocycles. The van der Waals surface area contributed by atoms with Crippen molar-refractivity contribution in [3.05, 3.63) is 82.0 Å². The van der Waals surface area contributed by atoms with Crippen LogP contribution in [0, 0.1) is 0 Å². The molecule has 0 bridgehead atoms. The van der Waals surface area contributed by atoms with Gasteiger partial charge in [0.25, 0.3) is 11.5 Å². The highest BCUT2D eigenvalue weighted by Crippen LogP contribution is 2.21. The van der Waals surface area contributed by atoms with Crippen molar-refractivity contribution in [2.45, 2.75) is 17.7 Å². The van der Waals surface area contributed by atoms with Crippen molar-refractivity contribution in [3.63, 3.8) is 0 Å². The van der Waals surface area contributed by atoms with E-state index in [9.17, 15) is 18.0 Å². The number of sulfonamides is 1. The van der Waals surface area contributed by atoms with Gasteiger partial charge in [0.2, 0.25) is 10.0 Å². The molecule has 34 heavy (non-hydrogen) atoms. The minimum atomic E-state index is -3.58. The van der Waals surface area contributed by atoms with E-state index in [1.807, 2.05) is 0 Å². The summed E-state index contributed by atoms with van der Waals surface area (Å²) in [4.78, 5) is 30.0. The molecule has 2 aromatic heterocycles. The highest BCUT2D eigenvalue weighted by Gasteiger charge is 2.27. The summed E-state index contributed by atoms with van der Waals surface area (Å²) in [7, 11) is -3.58. The third kappa shape index (κ3) is 3.98. The number of aromatic nitrogens is 4. The smallest absolute Gasteiger partial charge is 0.267 e. The number of benzene rings is 2. The number of fused-ring (bicyclic) bond motifs is 1. The lowest BCUT2D eigenvalue weighted by Gasteiger charge is -2.15. The normalized spacial score (nSPS) is 14.5. The molecule has 1 aliphatic heterocycles. The van der Waals surface area contributed by atoms with Gasteiger partial charge < -0.3 is 0 Å². The van der Waals surface area contributed by atoms with Gasteiger partial charge in [-0.25, -0.2) is 22.8 Å². The van der Waals surface area contributed by atoms with Crippen molar-refractivity contribution < 1.29 is 13.2 Å². The summed E-state index contributed by atoms with van der Waals surface area (Å²) in [5.74, 6) is -0.587. The number of halogens is 1. The summed E-state index contributed by atoms with van der Waals surface area (Å²) < 4.78 is 29.2. The molecule has 174 valence electrons. The van der Waals surface area contributed by atoms with Crippen LogP contribution in [0.2, 0.25) is 5.02 Å². The molecule has 0 radical (unpaired) electrons. The number of hydrogen-bond acceptors (Lipinski definition) is 6. The molecular formula is C22H19ClN6O4S. The molecule has 12 heteroatoms. The number of hydrogen-bond donors (Lipinski definition) is 1. The maximum absolute atomic E-state index is 12.9. The molecule has 0 aliphatic carbocycles. The third-order valence-electron chi connectivity index (χ3n) is 5.58. The van der Waals surface area contributed by atoms with E-state index in [4.69, 9.17) is 11.6 Å². The first-order valence-electron chi connectivity index (χ1n) is 10.5. The fourth-order valence-electron chi connectivity index (χ4n) is 3.82. The van der Waals surface area contributed by atoms with Gasteiger partial charge in [-0.1, -0.05) is 17.7 Å². The lowest BCUT2D eigenvalue weighted by molar-refractivity contribution is 0.101. The Balaban J connectivity index is 1.38.